The molecule has 2 aliphatic carbocycles. The third-order valence-corrected chi connectivity index (χ3v) is 5.54. The summed E-state index contributed by atoms with van der Waals surface area (Å²) >= 11 is 0. The van der Waals surface area contributed by atoms with E-state index in [9.17, 15) is 0 Å². The van der Waals surface area contributed by atoms with Crippen molar-refractivity contribution >= 4 is 0 Å². The molecule has 0 aromatic heterocycles. The van der Waals surface area contributed by atoms with Gasteiger partial charge in [0.15, 0.2) is 5.79 Å². The van der Waals surface area contributed by atoms with Crippen LogP contribution in [0.15, 0.2) is 0 Å². The van der Waals surface area contributed by atoms with Crippen LogP contribution < -0.4 is 5.32 Å². The fourth-order valence-electron chi connectivity index (χ4n) is 3.95. The first-order chi connectivity index (χ1) is 9.56. The second kappa shape index (κ2) is 5.56. The maximum Gasteiger partial charge on any atom is 0.168 e. The molecule has 3 rings (SSSR count). The molecule has 1 saturated heterocycles. The van der Waals surface area contributed by atoms with Crippen molar-refractivity contribution in [3.05, 3.63) is 0 Å². The second-order valence-corrected chi connectivity index (χ2v) is 7.10. The summed E-state index contributed by atoms with van der Waals surface area (Å²) in [5, 5.41) is 3.85. The van der Waals surface area contributed by atoms with Gasteiger partial charge in [0.05, 0.1) is 19.3 Å². The Balaban J connectivity index is 1.46. The van der Waals surface area contributed by atoms with Gasteiger partial charge in [-0.3, -0.25) is 0 Å². The molecule has 3 fully saturated rings. The van der Waals surface area contributed by atoms with Crippen LogP contribution in [-0.4, -0.2) is 43.8 Å². The molecule has 2 atom stereocenters. The van der Waals surface area contributed by atoms with E-state index in [-0.39, 0.29) is 11.2 Å². The fraction of sp³-hybridized carbons (Fsp3) is 1.00. The molecule has 20 heavy (non-hydrogen) atoms. The van der Waals surface area contributed by atoms with Crippen molar-refractivity contribution in [2.75, 3.05) is 19.8 Å². The van der Waals surface area contributed by atoms with Crippen molar-refractivity contribution < 1.29 is 14.2 Å². The number of nitrogens with one attached hydrogen (secondary N) is 1. The molecule has 0 aromatic rings. The van der Waals surface area contributed by atoms with Crippen LogP contribution >= 0.6 is 0 Å². The molecule has 1 N–H and O–H groups in total. The number of hydrogen-bond acceptors (Lipinski definition) is 4. The van der Waals surface area contributed by atoms with E-state index in [0.29, 0.717) is 18.2 Å². The predicted molar refractivity (Wildman–Crippen MR) is 77.6 cm³/mol. The molecule has 116 valence electrons. The van der Waals surface area contributed by atoms with E-state index < -0.39 is 0 Å². The van der Waals surface area contributed by atoms with E-state index in [1.165, 1.54) is 0 Å². The van der Waals surface area contributed by atoms with Gasteiger partial charge in [0.25, 0.3) is 0 Å². The highest BCUT2D eigenvalue weighted by atomic mass is 16.7. The summed E-state index contributed by atoms with van der Waals surface area (Å²) in [6, 6.07) is 1.20. The molecule has 0 amide bonds. The predicted octanol–water partition coefficient (Wildman–Crippen LogP) is 2.47. The summed E-state index contributed by atoms with van der Waals surface area (Å²) in [5.74, 6) is -0.235. The maximum absolute atomic E-state index is 5.81. The number of rotatable bonds is 4. The zero-order valence-corrected chi connectivity index (χ0v) is 13.1. The van der Waals surface area contributed by atoms with Crippen molar-refractivity contribution in [3.63, 3.8) is 0 Å². The Morgan fingerprint density at radius 3 is 2.35 bits per heavy atom. The molecular formula is C16H29NO3. The summed E-state index contributed by atoms with van der Waals surface area (Å²) in [6.45, 7) is 9.08. The Morgan fingerprint density at radius 1 is 1.15 bits per heavy atom. The molecule has 0 aromatic carbocycles. The first-order valence-electron chi connectivity index (χ1n) is 8.21. The van der Waals surface area contributed by atoms with Crippen molar-refractivity contribution in [2.45, 2.75) is 76.9 Å². The zero-order chi connectivity index (χ0) is 14.2. The Bertz CT molecular complexity index is 329. The van der Waals surface area contributed by atoms with Gasteiger partial charge < -0.3 is 19.5 Å². The Labute approximate surface area is 122 Å². The quantitative estimate of drug-likeness (QED) is 0.860. The summed E-state index contributed by atoms with van der Waals surface area (Å²) in [6.07, 6.45) is 5.95. The van der Waals surface area contributed by atoms with E-state index in [1.807, 2.05) is 0 Å². The maximum atomic E-state index is 5.81. The Morgan fingerprint density at radius 2 is 1.80 bits per heavy atom. The van der Waals surface area contributed by atoms with Crippen molar-refractivity contribution in [1.29, 1.82) is 0 Å². The summed E-state index contributed by atoms with van der Waals surface area (Å²) in [7, 11) is 0. The molecule has 3 aliphatic rings. The highest BCUT2D eigenvalue weighted by molar-refractivity contribution is 5.04. The van der Waals surface area contributed by atoms with E-state index in [2.05, 4.69) is 26.1 Å². The van der Waals surface area contributed by atoms with Gasteiger partial charge in [-0.2, -0.15) is 0 Å². The van der Waals surface area contributed by atoms with E-state index >= 15 is 0 Å². The molecule has 4 heteroatoms. The van der Waals surface area contributed by atoms with Gasteiger partial charge in [-0.15, -0.1) is 0 Å². The topological polar surface area (TPSA) is 39.7 Å². The molecule has 1 spiro atoms. The average Bonchev–Trinajstić information content (AvgIpc) is 2.88. The number of hydrogen-bond donors (Lipinski definition) is 1. The third kappa shape index (κ3) is 2.63. The van der Waals surface area contributed by atoms with Crippen LogP contribution in [0.25, 0.3) is 0 Å². The first-order valence-corrected chi connectivity index (χ1v) is 8.21. The summed E-state index contributed by atoms with van der Waals surface area (Å²) < 4.78 is 17.4. The van der Waals surface area contributed by atoms with Gasteiger partial charge in [-0.1, -0.05) is 13.8 Å². The molecule has 0 bridgehead atoms. The molecule has 0 radical (unpaired) electrons. The van der Waals surface area contributed by atoms with E-state index in [4.69, 9.17) is 14.2 Å². The van der Waals surface area contributed by atoms with Crippen molar-refractivity contribution in [1.82, 2.24) is 5.32 Å². The Hall–Kier alpha value is -0.160. The minimum Gasteiger partial charge on any atom is -0.378 e. The highest BCUT2D eigenvalue weighted by Gasteiger charge is 2.50. The third-order valence-electron chi connectivity index (χ3n) is 5.54. The molecule has 1 heterocycles. The zero-order valence-electron chi connectivity index (χ0n) is 13.1. The van der Waals surface area contributed by atoms with Crippen LogP contribution in [0, 0.1) is 5.41 Å². The van der Waals surface area contributed by atoms with Crippen molar-refractivity contribution in [2.24, 2.45) is 5.41 Å². The largest absolute Gasteiger partial charge is 0.378 e. The minimum atomic E-state index is -0.235. The van der Waals surface area contributed by atoms with Gasteiger partial charge in [-0.05, 0) is 26.2 Å². The molecule has 4 nitrogen and oxygen atoms in total. The monoisotopic (exact) mass is 283 g/mol. The lowest BCUT2D eigenvalue weighted by Crippen LogP contribution is -2.63. The summed E-state index contributed by atoms with van der Waals surface area (Å²) in [5.41, 5.74) is 0.255. The van der Waals surface area contributed by atoms with Crippen LogP contribution in [-0.2, 0) is 14.2 Å². The Kier molecular flexibility index (Phi) is 4.10. The molecule has 2 saturated carbocycles. The highest BCUT2D eigenvalue weighted by Crippen LogP contribution is 2.44. The van der Waals surface area contributed by atoms with Crippen LogP contribution in [0.4, 0.5) is 0 Å². The lowest BCUT2D eigenvalue weighted by molar-refractivity contribution is -0.182. The van der Waals surface area contributed by atoms with Gasteiger partial charge in [0.2, 0.25) is 0 Å². The first kappa shape index (κ1) is 14.8. The number of ether oxygens (including phenoxy) is 3. The SMILES string of the molecule is CCOC1CC(NC2CCC3(CC2)OCCO3)C1(C)C. The normalized spacial score (nSPS) is 36.1. The summed E-state index contributed by atoms with van der Waals surface area (Å²) in [4.78, 5) is 0. The van der Waals surface area contributed by atoms with Crippen LogP contribution in [0.1, 0.15) is 52.9 Å². The van der Waals surface area contributed by atoms with Crippen LogP contribution in [0.3, 0.4) is 0 Å². The average molecular weight is 283 g/mol. The molecule has 2 unspecified atom stereocenters. The van der Waals surface area contributed by atoms with Crippen LogP contribution in [0.2, 0.25) is 0 Å². The second-order valence-electron chi connectivity index (χ2n) is 7.10. The van der Waals surface area contributed by atoms with Gasteiger partial charge in [0.1, 0.15) is 0 Å². The standard InChI is InChI=1S/C16H29NO3/c1-4-18-14-11-13(15(14,2)3)17-12-5-7-16(8-6-12)19-9-10-20-16/h12-14,17H,4-11H2,1-3H3. The lowest BCUT2D eigenvalue weighted by Gasteiger charge is -2.53. The fourth-order valence-corrected chi connectivity index (χ4v) is 3.95. The smallest absolute Gasteiger partial charge is 0.168 e. The minimum absolute atomic E-state index is 0.235. The van der Waals surface area contributed by atoms with E-state index in [0.717, 1.165) is 51.9 Å². The lowest BCUT2D eigenvalue weighted by atomic mass is 9.64. The van der Waals surface area contributed by atoms with E-state index in [1.54, 1.807) is 0 Å². The molecule has 1 aliphatic heterocycles. The molecular weight excluding hydrogens is 254 g/mol. The van der Waals surface area contributed by atoms with Gasteiger partial charge in [0, 0.05) is 36.9 Å². The van der Waals surface area contributed by atoms with Gasteiger partial charge in [-0.25, -0.2) is 0 Å². The van der Waals surface area contributed by atoms with Gasteiger partial charge >= 0.3 is 0 Å². The van der Waals surface area contributed by atoms with Crippen molar-refractivity contribution in [3.8, 4) is 0 Å². The van der Waals surface area contributed by atoms with Crippen LogP contribution in [0.5, 0.6) is 0 Å².